The monoisotopic (exact) mass is 357 g/mol. The van der Waals surface area contributed by atoms with Crippen LogP contribution in [0.15, 0.2) is 42.5 Å². The average molecular weight is 358 g/mol. The van der Waals surface area contributed by atoms with Gasteiger partial charge >= 0.3 is 0 Å². The lowest BCUT2D eigenvalue weighted by molar-refractivity contribution is -0.118. The van der Waals surface area contributed by atoms with Crippen LogP contribution in [0, 0.1) is 5.82 Å². The smallest absolute Gasteiger partial charge is 0.230 e. The summed E-state index contributed by atoms with van der Waals surface area (Å²) >= 11 is 13.3. The number of carbonyl (C=O) groups is 1. The molecule has 2 aromatic rings. The summed E-state index contributed by atoms with van der Waals surface area (Å²) in [7, 11) is 0. The molecule has 116 valence electrons. The molecule has 0 spiro atoms. The summed E-state index contributed by atoms with van der Waals surface area (Å²) in [5.41, 5.74) is 1.28. The summed E-state index contributed by atoms with van der Waals surface area (Å²) in [5.74, 6) is 0.106. The third-order valence-corrected chi connectivity index (χ3v) is 4.66. The van der Waals surface area contributed by atoms with Crippen molar-refractivity contribution in [3.05, 3.63) is 69.5 Å². The maximum Gasteiger partial charge on any atom is 0.230 e. The molecule has 0 aromatic heterocycles. The van der Waals surface area contributed by atoms with Gasteiger partial charge in [-0.1, -0.05) is 47.5 Å². The van der Waals surface area contributed by atoms with Crippen molar-refractivity contribution in [2.24, 2.45) is 0 Å². The summed E-state index contributed by atoms with van der Waals surface area (Å²) in [6.07, 6.45) is 0. The van der Waals surface area contributed by atoms with Crippen LogP contribution in [0.3, 0.4) is 0 Å². The molecule has 0 radical (unpaired) electrons. The fraction of sp³-hybridized carbons (Fsp3) is 0.188. The lowest BCUT2D eigenvalue weighted by Gasteiger charge is -2.08. The van der Waals surface area contributed by atoms with E-state index in [4.69, 9.17) is 23.2 Å². The first-order valence-electron chi connectivity index (χ1n) is 6.58. The van der Waals surface area contributed by atoms with Crippen molar-refractivity contribution in [1.29, 1.82) is 0 Å². The highest BCUT2D eigenvalue weighted by Gasteiger charge is 2.09. The first kappa shape index (κ1) is 17.1. The molecule has 0 bridgehead atoms. The van der Waals surface area contributed by atoms with Crippen molar-refractivity contribution < 1.29 is 9.18 Å². The van der Waals surface area contributed by atoms with Gasteiger partial charge < -0.3 is 5.32 Å². The zero-order valence-electron chi connectivity index (χ0n) is 11.6. The van der Waals surface area contributed by atoms with Crippen LogP contribution in [0.2, 0.25) is 10.0 Å². The second-order valence-electron chi connectivity index (χ2n) is 4.56. The van der Waals surface area contributed by atoms with Crippen molar-refractivity contribution >= 4 is 40.9 Å². The molecular weight excluding hydrogens is 344 g/mol. The highest BCUT2D eigenvalue weighted by atomic mass is 35.5. The summed E-state index contributed by atoms with van der Waals surface area (Å²) in [4.78, 5) is 11.8. The van der Waals surface area contributed by atoms with E-state index in [1.165, 1.54) is 17.8 Å². The summed E-state index contributed by atoms with van der Waals surface area (Å²) in [6.45, 7) is 0.375. The van der Waals surface area contributed by atoms with Crippen LogP contribution in [-0.4, -0.2) is 11.7 Å². The van der Waals surface area contributed by atoms with E-state index >= 15 is 0 Å². The molecule has 6 heteroatoms. The summed E-state index contributed by atoms with van der Waals surface area (Å²) in [5, 5.41) is 3.78. The molecule has 2 nitrogen and oxygen atoms in total. The lowest BCUT2D eigenvalue weighted by atomic mass is 10.2. The van der Waals surface area contributed by atoms with E-state index < -0.39 is 0 Å². The Morgan fingerprint density at radius 2 is 1.82 bits per heavy atom. The third kappa shape index (κ3) is 4.90. The molecule has 2 aromatic carbocycles. The third-order valence-electron chi connectivity index (χ3n) is 2.98. The van der Waals surface area contributed by atoms with E-state index in [-0.39, 0.29) is 17.5 Å². The minimum absolute atomic E-state index is 0.127. The summed E-state index contributed by atoms with van der Waals surface area (Å²) in [6, 6.07) is 11.9. The van der Waals surface area contributed by atoms with Crippen LogP contribution in [0.4, 0.5) is 4.39 Å². The maximum absolute atomic E-state index is 13.6. The van der Waals surface area contributed by atoms with Crippen molar-refractivity contribution in [2.75, 3.05) is 5.75 Å². The van der Waals surface area contributed by atoms with Crippen molar-refractivity contribution in [2.45, 2.75) is 12.3 Å². The Kier molecular flexibility index (Phi) is 6.55. The molecule has 0 saturated carbocycles. The van der Waals surface area contributed by atoms with Crippen LogP contribution < -0.4 is 5.32 Å². The topological polar surface area (TPSA) is 29.1 Å². The average Bonchev–Trinajstić information content (AvgIpc) is 2.49. The SMILES string of the molecule is O=C(CSCc1c(F)cccc1Cl)NCc1ccccc1Cl. The van der Waals surface area contributed by atoms with Crippen molar-refractivity contribution in [3.8, 4) is 0 Å². The Labute approximate surface area is 143 Å². The zero-order chi connectivity index (χ0) is 15.9. The van der Waals surface area contributed by atoms with E-state index in [2.05, 4.69) is 5.32 Å². The number of amides is 1. The molecule has 1 N–H and O–H groups in total. The Hall–Kier alpha value is -1.23. The molecule has 0 aliphatic rings. The lowest BCUT2D eigenvalue weighted by Crippen LogP contribution is -2.24. The van der Waals surface area contributed by atoms with E-state index in [0.29, 0.717) is 27.9 Å². The highest BCUT2D eigenvalue weighted by molar-refractivity contribution is 7.99. The number of thioether (sulfide) groups is 1. The molecule has 0 saturated heterocycles. The second-order valence-corrected chi connectivity index (χ2v) is 6.36. The molecule has 0 unspecified atom stereocenters. The van der Waals surface area contributed by atoms with Gasteiger partial charge in [0.2, 0.25) is 5.91 Å². The number of carbonyl (C=O) groups excluding carboxylic acids is 1. The molecule has 22 heavy (non-hydrogen) atoms. The fourth-order valence-corrected chi connectivity index (χ4v) is 3.20. The molecule has 0 atom stereocenters. The number of rotatable bonds is 6. The van der Waals surface area contributed by atoms with Gasteiger partial charge in [0.15, 0.2) is 0 Å². The molecule has 0 heterocycles. The Morgan fingerprint density at radius 1 is 1.09 bits per heavy atom. The van der Waals surface area contributed by atoms with Gasteiger partial charge in [0.1, 0.15) is 5.82 Å². The number of nitrogens with one attached hydrogen (secondary N) is 1. The first-order chi connectivity index (χ1) is 10.6. The van der Waals surface area contributed by atoms with Gasteiger partial charge in [0.25, 0.3) is 0 Å². The van der Waals surface area contributed by atoms with Crippen LogP contribution in [0.25, 0.3) is 0 Å². The highest BCUT2D eigenvalue weighted by Crippen LogP contribution is 2.23. The quantitative estimate of drug-likeness (QED) is 0.812. The molecule has 1 amide bonds. The van der Waals surface area contributed by atoms with Crippen LogP contribution in [-0.2, 0) is 17.1 Å². The number of halogens is 3. The number of benzene rings is 2. The van der Waals surface area contributed by atoms with E-state index in [0.717, 1.165) is 5.56 Å². The normalized spacial score (nSPS) is 10.5. The largest absolute Gasteiger partial charge is 0.351 e. The van der Waals surface area contributed by atoms with Gasteiger partial charge in [0, 0.05) is 27.9 Å². The van der Waals surface area contributed by atoms with Gasteiger partial charge in [-0.2, -0.15) is 0 Å². The van der Waals surface area contributed by atoms with Crippen LogP contribution in [0.5, 0.6) is 0 Å². The fourth-order valence-electron chi connectivity index (χ4n) is 1.80. The number of hydrogen-bond acceptors (Lipinski definition) is 2. The minimum Gasteiger partial charge on any atom is -0.351 e. The minimum atomic E-state index is -0.350. The Morgan fingerprint density at radius 3 is 2.55 bits per heavy atom. The van der Waals surface area contributed by atoms with Gasteiger partial charge in [-0.25, -0.2) is 4.39 Å². The van der Waals surface area contributed by atoms with Gasteiger partial charge in [-0.15, -0.1) is 11.8 Å². The van der Waals surface area contributed by atoms with E-state index in [1.54, 1.807) is 18.2 Å². The zero-order valence-corrected chi connectivity index (χ0v) is 13.9. The molecule has 0 aliphatic heterocycles. The maximum atomic E-state index is 13.6. The standard InChI is InChI=1S/C16H14Cl2FNOS/c17-13-5-2-1-4-11(13)8-20-16(21)10-22-9-12-14(18)6-3-7-15(12)19/h1-7H,8-10H2,(H,20,21). The van der Waals surface area contributed by atoms with Gasteiger partial charge in [-0.05, 0) is 23.8 Å². The van der Waals surface area contributed by atoms with E-state index in [1.807, 2.05) is 18.2 Å². The van der Waals surface area contributed by atoms with Gasteiger partial charge in [0.05, 0.1) is 5.75 Å². The Balaban J connectivity index is 1.78. The van der Waals surface area contributed by atoms with Crippen molar-refractivity contribution in [3.63, 3.8) is 0 Å². The Bertz CT molecular complexity index is 646. The number of hydrogen-bond donors (Lipinski definition) is 1. The molecular formula is C16H14Cl2FNOS. The summed E-state index contributed by atoms with van der Waals surface area (Å²) < 4.78 is 13.6. The van der Waals surface area contributed by atoms with E-state index in [9.17, 15) is 9.18 Å². The van der Waals surface area contributed by atoms with Crippen LogP contribution >= 0.6 is 35.0 Å². The van der Waals surface area contributed by atoms with Gasteiger partial charge in [-0.3, -0.25) is 4.79 Å². The molecule has 2 rings (SSSR count). The molecule has 0 fully saturated rings. The molecule has 0 aliphatic carbocycles. The van der Waals surface area contributed by atoms with Crippen LogP contribution in [0.1, 0.15) is 11.1 Å². The van der Waals surface area contributed by atoms with Crippen molar-refractivity contribution in [1.82, 2.24) is 5.32 Å². The predicted octanol–water partition coefficient (Wildman–Crippen LogP) is 4.68. The predicted molar refractivity (Wildman–Crippen MR) is 90.9 cm³/mol. The second kappa shape index (κ2) is 8.42. The first-order valence-corrected chi connectivity index (χ1v) is 8.49.